The molecule has 0 aromatic carbocycles. The molecule has 0 radical (unpaired) electrons. The van der Waals surface area contributed by atoms with Crippen molar-refractivity contribution in [3.8, 4) is 0 Å². The SMILES string of the molecule is CN1CCOC(CN(CCBr)CC(F)(F)F)C1. The standard InChI is InChI=1S/C10H18BrF3N2O/c1-15-4-5-17-9(6-15)7-16(3-2-11)8-10(12,13)14/h9H,2-8H2,1H3. The van der Waals surface area contributed by atoms with E-state index in [9.17, 15) is 13.2 Å². The van der Waals surface area contributed by atoms with Crippen molar-refractivity contribution in [3.63, 3.8) is 0 Å². The number of halogens is 4. The second-order valence-corrected chi connectivity index (χ2v) is 5.09. The molecule has 1 fully saturated rings. The molecule has 3 nitrogen and oxygen atoms in total. The largest absolute Gasteiger partial charge is 0.401 e. The van der Waals surface area contributed by atoms with E-state index < -0.39 is 12.7 Å². The highest BCUT2D eigenvalue weighted by Crippen LogP contribution is 2.17. The van der Waals surface area contributed by atoms with E-state index in [1.807, 2.05) is 7.05 Å². The summed E-state index contributed by atoms with van der Waals surface area (Å²) >= 11 is 3.17. The molecule has 1 aliphatic rings. The van der Waals surface area contributed by atoms with Crippen LogP contribution in [0, 0.1) is 0 Å². The molecule has 17 heavy (non-hydrogen) atoms. The van der Waals surface area contributed by atoms with Crippen molar-refractivity contribution < 1.29 is 17.9 Å². The van der Waals surface area contributed by atoms with Gasteiger partial charge in [-0.3, -0.25) is 4.90 Å². The van der Waals surface area contributed by atoms with Gasteiger partial charge in [0, 0.05) is 31.5 Å². The lowest BCUT2D eigenvalue weighted by molar-refractivity contribution is -0.150. The van der Waals surface area contributed by atoms with Gasteiger partial charge in [-0.25, -0.2) is 0 Å². The molecule has 1 aliphatic heterocycles. The maximum atomic E-state index is 12.4. The average molecular weight is 319 g/mol. The summed E-state index contributed by atoms with van der Waals surface area (Å²) in [6.07, 6.45) is -4.28. The molecule has 1 rings (SSSR count). The molecule has 0 spiro atoms. The zero-order valence-corrected chi connectivity index (χ0v) is 11.4. The van der Waals surface area contributed by atoms with Gasteiger partial charge in [0.1, 0.15) is 0 Å². The highest BCUT2D eigenvalue weighted by Gasteiger charge is 2.32. The van der Waals surface area contributed by atoms with Crippen molar-refractivity contribution in [3.05, 3.63) is 0 Å². The minimum Gasteiger partial charge on any atom is -0.374 e. The molecule has 0 bridgehead atoms. The molecule has 1 unspecified atom stereocenters. The Kier molecular flexibility index (Phi) is 6.19. The molecule has 0 aliphatic carbocycles. The van der Waals surface area contributed by atoms with Gasteiger partial charge in [-0.05, 0) is 7.05 Å². The molecular weight excluding hydrogens is 301 g/mol. The lowest BCUT2D eigenvalue weighted by Crippen LogP contribution is -2.48. The normalized spacial score (nSPS) is 23.3. The van der Waals surface area contributed by atoms with Gasteiger partial charge in [0.15, 0.2) is 0 Å². The average Bonchev–Trinajstić information content (AvgIpc) is 2.15. The van der Waals surface area contributed by atoms with Crippen molar-refractivity contribution in [1.82, 2.24) is 9.80 Å². The van der Waals surface area contributed by atoms with E-state index in [0.717, 1.165) is 6.54 Å². The first kappa shape index (κ1) is 15.2. The second kappa shape index (κ2) is 6.92. The number of alkyl halides is 4. The Balaban J connectivity index is 2.42. The van der Waals surface area contributed by atoms with E-state index in [4.69, 9.17) is 4.74 Å². The van der Waals surface area contributed by atoms with Gasteiger partial charge in [0.25, 0.3) is 0 Å². The topological polar surface area (TPSA) is 15.7 Å². The second-order valence-electron chi connectivity index (χ2n) is 4.29. The van der Waals surface area contributed by atoms with Crippen LogP contribution in [-0.4, -0.2) is 73.8 Å². The van der Waals surface area contributed by atoms with Crippen LogP contribution in [-0.2, 0) is 4.74 Å². The van der Waals surface area contributed by atoms with Crippen molar-refractivity contribution >= 4 is 15.9 Å². The Morgan fingerprint density at radius 2 is 2.18 bits per heavy atom. The Morgan fingerprint density at radius 3 is 2.71 bits per heavy atom. The zero-order chi connectivity index (χ0) is 12.9. The van der Waals surface area contributed by atoms with Gasteiger partial charge >= 0.3 is 6.18 Å². The number of hydrogen-bond donors (Lipinski definition) is 0. The van der Waals surface area contributed by atoms with E-state index in [-0.39, 0.29) is 6.10 Å². The van der Waals surface area contributed by atoms with Crippen LogP contribution in [0.3, 0.4) is 0 Å². The number of likely N-dealkylation sites (N-methyl/N-ethyl adjacent to an activating group) is 1. The first-order valence-corrected chi connectivity index (χ1v) is 6.68. The summed E-state index contributed by atoms with van der Waals surface area (Å²) in [5, 5.41) is 0.533. The fourth-order valence-electron chi connectivity index (χ4n) is 1.87. The van der Waals surface area contributed by atoms with Crippen LogP contribution in [0.1, 0.15) is 0 Å². The molecule has 0 amide bonds. The third-order valence-corrected chi connectivity index (χ3v) is 2.96. The Hall–Kier alpha value is 0.150. The number of ether oxygens (including phenoxy) is 1. The van der Waals surface area contributed by atoms with Crippen LogP contribution in [0.15, 0.2) is 0 Å². The van der Waals surface area contributed by atoms with Crippen molar-refractivity contribution in [2.75, 3.05) is 51.7 Å². The first-order valence-electron chi connectivity index (χ1n) is 5.56. The molecule has 1 heterocycles. The van der Waals surface area contributed by atoms with Gasteiger partial charge in [-0.15, -0.1) is 0 Å². The van der Waals surface area contributed by atoms with E-state index in [1.54, 1.807) is 0 Å². The molecule has 1 saturated heterocycles. The van der Waals surface area contributed by atoms with Crippen molar-refractivity contribution in [2.45, 2.75) is 12.3 Å². The van der Waals surface area contributed by atoms with E-state index in [2.05, 4.69) is 20.8 Å². The number of rotatable bonds is 5. The van der Waals surface area contributed by atoms with E-state index in [1.165, 1.54) is 4.90 Å². The quantitative estimate of drug-likeness (QED) is 0.716. The van der Waals surface area contributed by atoms with Crippen LogP contribution < -0.4 is 0 Å². The molecule has 1 atom stereocenters. The van der Waals surface area contributed by atoms with Gasteiger partial charge in [0.2, 0.25) is 0 Å². The maximum Gasteiger partial charge on any atom is 0.401 e. The highest BCUT2D eigenvalue weighted by molar-refractivity contribution is 9.09. The fourth-order valence-corrected chi connectivity index (χ4v) is 2.37. The first-order chi connectivity index (χ1) is 7.90. The van der Waals surface area contributed by atoms with Crippen LogP contribution in [0.5, 0.6) is 0 Å². The fraction of sp³-hybridized carbons (Fsp3) is 1.00. The molecule has 0 aromatic rings. The number of nitrogens with zero attached hydrogens (tertiary/aromatic N) is 2. The van der Waals surface area contributed by atoms with Gasteiger partial charge in [-0.2, -0.15) is 13.2 Å². The third-order valence-electron chi connectivity index (χ3n) is 2.61. The molecule has 7 heteroatoms. The third kappa shape index (κ3) is 6.59. The summed E-state index contributed by atoms with van der Waals surface area (Å²) in [5.74, 6) is 0. The molecular formula is C10H18BrF3N2O. The molecule has 102 valence electrons. The number of morpholine rings is 1. The van der Waals surface area contributed by atoms with Crippen LogP contribution in [0.25, 0.3) is 0 Å². The predicted molar refractivity (Wildman–Crippen MR) is 63.5 cm³/mol. The van der Waals surface area contributed by atoms with Crippen LogP contribution in [0.2, 0.25) is 0 Å². The zero-order valence-electron chi connectivity index (χ0n) is 9.84. The van der Waals surface area contributed by atoms with Gasteiger partial charge < -0.3 is 9.64 Å². The smallest absolute Gasteiger partial charge is 0.374 e. The lowest BCUT2D eigenvalue weighted by atomic mass is 10.2. The maximum absolute atomic E-state index is 12.4. The molecule has 0 saturated carbocycles. The Morgan fingerprint density at radius 1 is 1.47 bits per heavy atom. The van der Waals surface area contributed by atoms with E-state index >= 15 is 0 Å². The van der Waals surface area contributed by atoms with E-state index in [0.29, 0.717) is 31.6 Å². The monoisotopic (exact) mass is 318 g/mol. The molecule has 0 aromatic heterocycles. The minimum absolute atomic E-state index is 0.129. The summed E-state index contributed by atoms with van der Waals surface area (Å²) in [5.41, 5.74) is 0. The highest BCUT2D eigenvalue weighted by atomic mass is 79.9. The van der Waals surface area contributed by atoms with Gasteiger partial charge in [0.05, 0.1) is 19.3 Å². The summed E-state index contributed by atoms with van der Waals surface area (Å²) in [6, 6.07) is 0. The Labute approximate surface area is 108 Å². The summed E-state index contributed by atoms with van der Waals surface area (Å²) in [7, 11) is 1.95. The Bertz CT molecular complexity index is 228. The van der Waals surface area contributed by atoms with Crippen LogP contribution >= 0.6 is 15.9 Å². The van der Waals surface area contributed by atoms with Gasteiger partial charge in [-0.1, -0.05) is 15.9 Å². The predicted octanol–water partition coefficient (Wildman–Crippen LogP) is 1.58. The summed E-state index contributed by atoms with van der Waals surface area (Å²) in [6.45, 7) is 1.96. The lowest BCUT2D eigenvalue weighted by Gasteiger charge is -2.34. The van der Waals surface area contributed by atoms with Crippen LogP contribution in [0.4, 0.5) is 13.2 Å². The summed E-state index contributed by atoms with van der Waals surface area (Å²) < 4.78 is 42.5. The number of hydrogen-bond acceptors (Lipinski definition) is 3. The minimum atomic E-state index is -4.15. The summed E-state index contributed by atoms with van der Waals surface area (Å²) in [4.78, 5) is 3.46. The van der Waals surface area contributed by atoms with Crippen molar-refractivity contribution in [1.29, 1.82) is 0 Å². The van der Waals surface area contributed by atoms with Crippen molar-refractivity contribution in [2.24, 2.45) is 0 Å². The molecule has 0 N–H and O–H groups in total.